The van der Waals surface area contributed by atoms with Gasteiger partial charge in [-0.25, -0.2) is 0 Å². The molecule has 1 saturated carbocycles. The van der Waals surface area contributed by atoms with E-state index in [2.05, 4.69) is 95.3 Å². The van der Waals surface area contributed by atoms with Crippen LogP contribution < -0.4 is 0 Å². The Balaban J connectivity index is 1.55. The Morgan fingerprint density at radius 3 is 2.19 bits per heavy atom. The summed E-state index contributed by atoms with van der Waals surface area (Å²) in [5, 5.41) is 0. The highest BCUT2D eigenvalue weighted by molar-refractivity contribution is 5.80. The van der Waals surface area contributed by atoms with Crippen molar-refractivity contribution in [2.75, 3.05) is 0 Å². The van der Waals surface area contributed by atoms with Crippen molar-refractivity contribution in [3.63, 3.8) is 0 Å². The van der Waals surface area contributed by atoms with E-state index in [0.717, 1.165) is 6.42 Å². The van der Waals surface area contributed by atoms with E-state index >= 15 is 0 Å². The summed E-state index contributed by atoms with van der Waals surface area (Å²) in [6.07, 6.45) is 19.5. The van der Waals surface area contributed by atoms with Crippen LogP contribution in [-0.4, -0.2) is 0 Å². The maximum Gasteiger partial charge on any atom is 0.0210 e. The van der Waals surface area contributed by atoms with Crippen LogP contribution in [0.1, 0.15) is 100 Å². The average Bonchev–Trinajstić information content (AvgIpc) is 3.40. The SMILES string of the molecule is CC(C)(C)c1ccc2c(c1C1C=CC=C1)Cc1cc(C(C)(C)C=C3CCCCC3)ccc1-2. The fourth-order valence-corrected chi connectivity index (χ4v) is 6.10. The first kappa shape index (κ1) is 21.5. The van der Waals surface area contributed by atoms with Gasteiger partial charge in [0.25, 0.3) is 0 Å². The minimum absolute atomic E-state index is 0.0901. The normalized spacial score (nSPS) is 18.2. The molecule has 3 aliphatic carbocycles. The molecule has 0 nitrogen and oxygen atoms in total. The standard InChI is InChI=1S/C32H38/c1-31(2,3)29-18-17-27-26-16-15-25(32(4,5)21-22-11-7-6-8-12-22)19-24(26)20-28(27)30(29)23-13-9-10-14-23/h9-10,13-19,21,23H,6-8,11-12,20H2,1-5H3. The minimum atomic E-state index is 0.0901. The second kappa shape index (κ2) is 7.91. The summed E-state index contributed by atoms with van der Waals surface area (Å²) in [6.45, 7) is 11.8. The number of fused-ring (bicyclic) bond motifs is 3. The van der Waals surface area contributed by atoms with Crippen molar-refractivity contribution >= 4 is 0 Å². The maximum atomic E-state index is 2.58. The molecule has 0 atom stereocenters. The summed E-state index contributed by atoms with van der Waals surface area (Å²) in [5.41, 5.74) is 12.3. The van der Waals surface area contributed by atoms with Crippen molar-refractivity contribution in [2.45, 2.75) is 89.9 Å². The van der Waals surface area contributed by atoms with Gasteiger partial charge in [0.15, 0.2) is 0 Å². The van der Waals surface area contributed by atoms with Gasteiger partial charge in [0.1, 0.15) is 0 Å². The topological polar surface area (TPSA) is 0 Å². The van der Waals surface area contributed by atoms with E-state index in [1.807, 2.05) is 0 Å². The molecule has 0 spiro atoms. The number of rotatable bonds is 3. The quantitative estimate of drug-likeness (QED) is 0.369. The van der Waals surface area contributed by atoms with Gasteiger partial charge < -0.3 is 0 Å². The van der Waals surface area contributed by atoms with Crippen LogP contribution in [0.2, 0.25) is 0 Å². The number of hydrogen-bond acceptors (Lipinski definition) is 0. The lowest BCUT2D eigenvalue weighted by Gasteiger charge is -2.27. The molecule has 166 valence electrons. The van der Waals surface area contributed by atoms with Gasteiger partial charge in [0, 0.05) is 11.3 Å². The lowest BCUT2D eigenvalue weighted by atomic mass is 9.77. The molecular weight excluding hydrogens is 384 g/mol. The summed E-state index contributed by atoms with van der Waals surface area (Å²) >= 11 is 0. The molecule has 0 saturated heterocycles. The number of allylic oxidation sites excluding steroid dienone is 6. The molecule has 0 unspecified atom stereocenters. The summed E-state index contributed by atoms with van der Waals surface area (Å²) < 4.78 is 0. The third-order valence-electron chi connectivity index (χ3n) is 7.81. The summed E-state index contributed by atoms with van der Waals surface area (Å²) in [6, 6.07) is 12.1. The lowest BCUT2D eigenvalue weighted by Crippen LogP contribution is -2.17. The van der Waals surface area contributed by atoms with E-state index in [-0.39, 0.29) is 10.8 Å². The predicted molar refractivity (Wildman–Crippen MR) is 139 cm³/mol. The predicted octanol–water partition coefficient (Wildman–Crippen LogP) is 8.93. The van der Waals surface area contributed by atoms with Crippen LogP contribution in [0.25, 0.3) is 11.1 Å². The van der Waals surface area contributed by atoms with Gasteiger partial charge in [-0.2, -0.15) is 0 Å². The van der Waals surface area contributed by atoms with E-state index in [1.54, 1.807) is 16.7 Å². The Morgan fingerprint density at radius 2 is 1.50 bits per heavy atom. The highest BCUT2D eigenvalue weighted by atomic mass is 14.3. The molecule has 0 aromatic heterocycles. The first-order chi connectivity index (χ1) is 15.2. The molecule has 0 N–H and O–H groups in total. The van der Waals surface area contributed by atoms with Crippen molar-refractivity contribution in [2.24, 2.45) is 0 Å². The van der Waals surface area contributed by atoms with E-state index in [9.17, 15) is 0 Å². The second-order valence-electron chi connectivity index (χ2n) is 11.7. The molecule has 2 aromatic rings. The average molecular weight is 423 g/mol. The molecular formula is C32H38. The third-order valence-corrected chi connectivity index (χ3v) is 7.81. The summed E-state index contributed by atoms with van der Waals surface area (Å²) in [4.78, 5) is 0. The van der Waals surface area contributed by atoms with Crippen molar-refractivity contribution in [1.29, 1.82) is 0 Å². The highest BCUT2D eigenvalue weighted by Crippen LogP contribution is 2.46. The molecule has 1 fully saturated rings. The second-order valence-corrected chi connectivity index (χ2v) is 11.7. The Morgan fingerprint density at radius 1 is 0.812 bits per heavy atom. The molecule has 0 radical (unpaired) electrons. The highest BCUT2D eigenvalue weighted by Gasteiger charge is 2.31. The fraction of sp³-hybridized carbons (Fsp3) is 0.438. The molecule has 3 aliphatic rings. The van der Waals surface area contributed by atoms with E-state index in [1.165, 1.54) is 59.9 Å². The molecule has 0 amide bonds. The number of benzene rings is 2. The van der Waals surface area contributed by atoms with Crippen LogP contribution in [0.4, 0.5) is 0 Å². The molecule has 0 bridgehead atoms. The zero-order valence-electron chi connectivity index (χ0n) is 20.6. The van der Waals surface area contributed by atoms with Crippen LogP contribution in [0, 0.1) is 0 Å². The van der Waals surface area contributed by atoms with Crippen molar-refractivity contribution in [1.82, 2.24) is 0 Å². The van der Waals surface area contributed by atoms with Crippen LogP contribution in [-0.2, 0) is 17.3 Å². The van der Waals surface area contributed by atoms with Crippen molar-refractivity contribution in [3.05, 3.63) is 94.1 Å². The Kier molecular flexibility index (Phi) is 5.31. The molecule has 0 aliphatic heterocycles. The van der Waals surface area contributed by atoms with Gasteiger partial charge in [-0.15, -0.1) is 0 Å². The van der Waals surface area contributed by atoms with Crippen molar-refractivity contribution in [3.8, 4) is 11.1 Å². The summed E-state index contributed by atoms with van der Waals surface area (Å²) in [7, 11) is 0. The molecule has 0 heterocycles. The monoisotopic (exact) mass is 422 g/mol. The van der Waals surface area contributed by atoms with Gasteiger partial charge in [0.2, 0.25) is 0 Å². The largest absolute Gasteiger partial charge is 0.0753 e. The van der Waals surface area contributed by atoms with Crippen molar-refractivity contribution < 1.29 is 0 Å². The van der Waals surface area contributed by atoms with E-state index < -0.39 is 0 Å². The van der Waals surface area contributed by atoms with Crippen LogP contribution in [0.5, 0.6) is 0 Å². The molecule has 0 heteroatoms. The third kappa shape index (κ3) is 3.83. The van der Waals surface area contributed by atoms with E-state index in [4.69, 9.17) is 0 Å². The van der Waals surface area contributed by atoms with Crippen LogP contribution in [0.3, 0.4) is 0 Å². The first-order valence-electron chi connectivity index (χ1n) is 12.6. The minimum Gasteiger partial charge on any atom is -0.0753 e. The Hall–Kier alpha value is -2.34. The number of hydrogen-bond donors (Lipinski definition) is 0. The van der Waals surface area contributed by atoms with E-state index in [0.29, 0.717) is 5.92 Å². The summed E-state index contributed by atoms with van der Waals surface area (Å²) in [5.74, 6) is 0.403. The van der Waals surface area contributed by atoms with Gasteiger partial charge >= 0.3 is 0 Å². The fourth-order valence-electron chi connectivity index (χ4n) is 6.10. The molecule has 32 heavy (non-hydrogen) atoms. The van der Waals surface area contributed by atoms with Crippen LogP contribution in [0.15, 0.2) is 66.3 Å². The van der Waals surface area contributed by atoms with Crippen LogP contribution >= 0.6 is 0 Å². The van der Waals surface area contributed by atoms with Gasteiger partial charge in [0.05, 0.1) is 0 Å². The van der Waals surface area contributed by atoms with Gasteiger partial charge in [-0.3, -0.25) is 0 Å². The molecule has 5 rings (SSSR count). The maximum absolute atomic E-state index is 2.58. The van der Waals surface area contributed by atoms with Gasteiger partial charge in [-0.1, -0.05) is 107 Å². The smallest absolute Gasteiger partial charge is 0.0210 e. The Labute approximate surface area is 195 Å². The zero-order chi connectivity index (χ0) is 22.5. The zero-order valence-corrected chi connectivity index (χ0v) is 20.6. The van der Waals surface area contributed by atoms with Gasteiger partial charge in [-0.05, 0) is 76.5 Å². The molecule has 2 aromatic carbocycles. The lowest BCUT2D eigenvalue weighted by molar-refractivity contribution is 0.576. The first-order valence-corrected chi connectivity index (χ1v) is 12.6. The Bertz CT molecular complexity index is 1110.